The van der Waals surface area contributed by atoms with Gasteiger partial charge in [-0.1, -0.05) is 42.5 Å². The Morgan fingerprint density at radius 2 is 1.69 bits per heavy atom. The van der Waals surface area contributed by atoms with Gasteiger partial charge in [0.15, 0.2) is 0 Å². The van der Waals surface area contributed by atoms with E-state index in [1.54, 1.807) is 13.3 Å². The number of hydrazone groups is 1. The molecule has 3 aromatic rings. The van der Waals surface area contributed by atoms with Crippen molar-refractivity contribution in [2.45, 2.75) is 6.61 Å². The van der Waals surface area contributed by atoms with Gasteiger partial charge in [0.05, 0.1) is 19.9 Å². The van der Waals surface area contributed by atoms with Crippen molar-refractivity contribution in [1.82, 2.24) is 5.43 Å². The summed E-state index contributed by atoms with van der Waals surface area (Å²) in [5, 5.41) is 7.06. The highest BCUT2D eigenvalue weighted by Gasteiger charge is 2.03. The van der Waals surface area contributed by atoms with Gasteiger partial charge in [0.2, 0.25) is 0 Å². The van der Waals surface area contributed by atoms with Crippen molar-refractivity contribution >= 4 is 17.8 Å². The lowest BCUT2D eigenvalue weighted by atomic mass is 10.2. The molecule has 3 aromatic carbocycles. The summed E-state index contributed by atoms with van der Waals surface area (Å²) < 4.78 is 11.0. The van der Waals surface area contributed by atoms with Gasteiger partial charge in [-0.15, -0.1) is 0 Å². The number of amides is 1. The lowest BCUT2D eigenvalue weighted by molar-refractivity contribution is -0.119. The van der Waals surface area contributed by atoms with Crippen LogP contribution in [0.4, 0.5) is 5.69 Å². The van der Waals surface area contributed by atoms with E-state index in [1.807, 2.05) is 78.9 Å². The first-order chi connectivity index (χ1) is 14.2. The molecule has 0 aliphatic carbocycles. The maximum atomic E-state index is 12.0. The Morgan fingerprint density at radius 3 is 2.45 bits per heavy atom. The molecule has 0 aromatic heterocycles. The maximum absolute atomic E-state index is 12.0. The third kappa shape index (κ3) is 6.39. The third-order valence-electron chi connectivity index (χ3n) is 4.09. The van der Waals surface area contributed by atoms with Crippen LogP contribution in [-0.2, 0) is 11.4 Å². The lowest BCUT2D eigenvalue weighted by Gasteiger charge is -2.09. The van der Waals surface area contributed by atoms with E-state index in [9.17, 15) is 4.79 Å². The van der Waals surface area contributed by atoms with Crippen LogP contribution in [0.1, 0.15) is 11.1 Å². The van der Waals surface area contributed by atoms with Gasteiger partial charge in [-0.3, -0.25) is 4.79 Å². The summed E-state index contributed by atoms with van der Waals surface area (Å²) in [5.41, 5.74) is 5.20. The molecule has 0 aliphatic heterocycles. The molecule has 148 valence electrons. The van der Waals surface area contributed by atoms with Crippen LogP contribution in [0.2, 0.25) is 0 Å². The van der Waals surface area contributed by atoms with Crippen molar-refractivity contribution in [2.24, 2.45) is 5.10 Å². The van der Waals surface area contributed by atoms with Crippen LogP contribution in [-0.4, -0.2) is 25.8 Å². The minimum absolute atomic E-state index is 0.107. The zero-order chi connectivity index (χ0) is 20.3. The van der Waals surface area contributed by atoms with Crippen molar-refractivity contribution in [3.63, 3.8) is 0 Å². The number of hydrogen-bond donors (Lipinski definition) is 2. The van der Waals surface area contributed by atoms with Gasteiger partial charge in [-0.05, 0) is 42.0 Å². The van der Waals surface area contributed by atoms with Crippen LogP contribution < -0.4 is 20.2 Å². The molecule has 0 radical (unpaired) electrons. The molecule has 0 aliphatic rings. The number of anilines is 1. The number of carbonyl (C=O) groups is 1. The van der Waals surface area contributed by atoms with Crippen molar-refractivity contribution in [1.29, 1.82) is 0 Å². The smallest absolute Gasteiger partial charge is 0.259 e. The number of carbonyl (C=O) groups excluding carboxylic acids is 1. The average Bonchev–Trinajstić information content (AvgIpc) is 2.78. The number of hydrogen-bond acceptors (Lipinski definition) is 5. The SMILES string of the molecule is COc1ccc(NCC(=O)N/N=C/c2ccccc2OCc2ccccc2)cc1. The van der Waals surface area contributed by atoms with Gasteiger partial charge in [0, 0.05) is 11.3 Å². The van der Waals surface area contributed by atoms with Crippen LogP contribution in [0.5, 0.6) is 11.5 Å². The number of benzene rings is 3. The Labute approximate surface area is 170 Å². The number of para-hydroxylation sites is 1. The van der Waals surface area contributed by atoms with E-state index in [0.717, 1.165) is 22.6 Å². The molecule has 0 saturated carbocycles. The van der Waals surface area contributed by atoms with E-state index >= 15 is 0 Å². The van der Waals surface area contributed by atoms with Gasteiger partial charge < -0.3 is 14.8 Å². The molecule has 0 fully saturated rings. The van der Waals surface area contributed by atoms with Crippen LogP contribution in [0.15, 0.2) is 84.0 Å². The van der Waals surface area contributed by atoms with Crippen molar-refractivity contribution < 1.29 is 14.3 Å². The molecule has 0 bridgehead atoms. The van der Waals surface area contributed by atoms with Crippen molar-refractivity contribution in [2.75, 3.05) is 19.0 Å². The van der Waals surface area contributed by atoms with E-state index < -0.39 is 0 Å². The fourth-order valence-corrected chi connectivity index (χ4v) is 2.56. The first kappa shape index (κ1) is 19.9. The molecule has 0 heterocycles. The summed E-state index contributed by atoms with van der Waals surface area (Å²) in [5.74, 6) is 1.21. The second kappa shape index (κ2) is 10.5. The fourth-order valence-electron chi connectivity index (χ4n) is 2.56. The summed E-state index contributed by atoms with van der Waals surface area (Å²) in [7, 11) is 1.61. The summed E-state index contributed by atoms with van der Waals surface area (Å²) in [6, 6.07) is 24.8. The van der Waals surface area contributed by atoms with Gasteiger partial charge in [-0.25, -0.2) is 5.43 Å². The highest BCUT2D eigenvalue weighted by Crippen LogP contribution is 2.17. The predicted octanol–water partition coefficient (Wildman–Crippen LogP) is 3.84. The molecule has 6 nitrogen and oxygen atoms in total. The monoisotopic (exact) mass is 389 g/mol. The number of ether oxygens (including phenoxy) is 2. The molecular formula is C23H23N3O3. The second-order valence-electron chi connectivity index (χ2n) is 6.19. The summed E-state index contributed by atoms with van der Waals surface area (Å²) in [6.45, 7) is 0.569. The fraction of sp³-hybridized carbons (Fsp3) is 0.130. The van der Waals surface area contributed by atoms with Gasteiger partial charge in [0.25, 0.3) is 5.91 Å². The highest BCUT2D eigenvalue weighted by molar-refractivity contribution is 5.86. The van der Waals surface area contributed by atoms with Gasteiger partial charge in [0.1, 0.15) is 18.1 Å². The third-order valence-corrected chi connectivity index (χ3v) is 4.09. The average molecular weight is 389 g/mol. The second-order valence-corrected chi connectivity index (χ2v) is 6.19. The molecule has 1 amide bonds. The molecule has 0 atom stereocenters. The van der Waals surface area contributed by atoms with Crippen LogP contribution >= 0.6 is 0 Å². The molecule has 0 saturated heterocycles. The topological polar surface area (TPSA) is 72.0 Å². The number of methoxy groups -OCH3 is 1. The molecule has 29 heavy (non-hydrogen) atoms. The van der Waals surface area contributed by atoms with E-state index in [2.05, 4.69) is 15.8 Å². The van der Waals surface area contributed by atoms with E-state index in [4.69, 9.17) is 9.47 Å². The van der Waals surface area contributed by atoms with Crippen LogP contribution in [0.3, 0.4) is 0 Å². The number of nitrogens with zero attached hydrogens (tertiary/aromatic N) is 1. The molecule has 2 N–H and O–H groups in total. The Balaban J connectivity index is 1.49. The largest absolute Gasteiger partial charge is 0.497 e. The predicted molar refractivity (Wildman–Crippen MR) is 114 cm³/mol. The molecular weight excluding hydrogens is 366 g/mol. The van der Waals surface area contributed by atoms with Crippen LogP contribution in [0.25, 0.3) is 0 Å². The molecule has 0 unspecified atom stereocenters. The Morgan fingerprint density at radius 1 is 0.966 bits per heavy atom. The van der Waals surface area contributed by atoms with Crippen LogP contribution in [0, 0.1) is 0 Å². The van der Waals surface area contributed by atoms with E-state index in [0.29, 0.717) is 12.4 Å². The highest BCUT2D eigenvalue weighted by atomic mass is 16.5. The Hall–Kier alpha value is -3.80. The van der Waals surface area contributed by atoms with Crippen molar-refractivity contribution in [3.8, 4) is 11.5 Å². The molecule has 0 spiro atoms. The summed E-state index contributed by atoms with van der Waals surface area (Å²) >= 11 is 0. The molecule has 3 rings (SSSR count). The standard InChI is InChI=1S/C23H23N3O3/c1-28-21-13-11-20(12-14-21)24-16-23(27)26-25-15-19-9-5-6-10-22(19)29-17-18-7-3-2-4-8-18/h2-15,24H,16-17H2,1H3,(H,26,27)/b25-15+. The minimum Gasteiger partial charge on any atom is -0.497 e. The Kier molecular flexibility index (Phi) is 7.23. The van der Waals surface area contributed by atoms with E-state index in [-0.39, 0.29) is 12.5 Å². The first-order valence-corrected chi connectivity index (χ1v) is 9.20. The molecule has 6 heteroatoms. The van der Waals surface area contributed by atoms with Gasteiger partial charge >= 0.3 is 0 Å². The van der Waals surface area contributed by atoms with Crippen molar-refractivity contribution in [3.05, 3.63) is 90.0 Å². The van der Waals surface area contributed by atoms with E-state index in [1.165, 1.54) is 0 Å². The quantitative estimate of drug-likeness (QED) is 0.431. The first-order valence-electron chi connectivity index (χ1n) is 9.20. The zero-order valence-corrected chi connectivity index (χ0v) is 16.2. The number of rotatable bonds is 9. The maximum Gasteiger partial charge on any atom is 0.259 e. The lowest BCUT2D eigenvalue weighted by Crippen LogP contribution is -2.25. The number of nitrogens with one attached hydrogen (secondary N) is 2. The normalized spacial score (nSPS) is 10.5. The summed E-state index contributed by atoms with van der Waals surface area (Å²) in [6.07, 6.45) is 1.58. The zero-order valence-electron chi connectivity index (χ0n) is 16.2. The summed E-state index contributed by atoms with van der Waals surface area (Å²) in [4.78, 5) is 12.0. The van der Waals surface area contributed by atoms with Gasteiger partial charge in [-0.2, -0.15) is 5.10 Å². The Bertz CT molecular complexity index is 941. The minimum atomic E-state index is -0.250.